The van der Waals surface area contributed by atoms with Crippen LogP contribution >= 0.6 is 11.3 Å². The zero-order valence-corrected chi connectivity index (χ0v) is 17.0. The Bertz CT molecular complexity index is 1040. The Hall–Kier alpha value is -2.73. The molecule has 2 aliphatic heterocycles. The largest absolute Gasteiger partial charge is 0.333 e. The number of aromatic nitrogens is 1. The van der Waals surface area contributed by atoms with Gasteiger partial charge in [-0.05, 0) is 43.0 Å². The molecule has 2 aliphatic rings. The van der Waals surface area contributed by atoms with Gasteiger partial charge in [0.25, 0.3) is 0 Å². The number of benzene rings is 2. The van der Waals surface area contributed by atoms with Crippen molar-refractivity contribution in [3.05, 3.63) is 59.1 Å². The first-order valence-electron chi connectivity index (χ1n) is 10.2. The van der Waals surface area contributed by atoms with Gasteiger partial charge >= 0.3 is 0 Å². The van der Waals surface area contributed by atoms with Crippen molar-refractivity contribution in [3.8, 4) is 0 Å². The summed E-state index contributed by atoms with van der Waals surface area (Å²) in [4.78, 5) is 34.2. The van der Waals surface area contributed by atoms with Gasteiger partial charge in [0.1, 0.15) is 5.01 Å². The molecule has 0 spiro atoms. The lowest BCUT2D eigenvalue weighted by Crippen LogP contribution is -2.33. The van der Waals surface area contributed by atoms with Crippen LogP contribution in [0.3, 0.4) is 0 Å². The Kier molecular flexibility index (Phi) is 4.79. The van der Waals surface area contributed by atoms with Gasteiger partial charge in [-0.1, -0.05) is 30.3 Å². The number of para-hydroxylation sites is 2. The molecule has 0 aliphatic carbocycles. The van der Waals surface area contributed by atoms with Crippen molar-refractivity contribution < 1.29 is 9.59 Å². The van der Waals surface area contributed by atoms with Crippen LogP contribution in [0.5, 0.6) is 0 Å². The molecule has 0 saturated carbocycles. The van der Waals surface area contributed by atoms with Gasteiger partial charge in [-0.25, -0.2) is 4.98 Å². The molecule has 2 aromatic carbocycles. The van der Waals surface area contributed by atoms with Crippen LogP contribution < -0.4 is 4.90 Å². The van der Waals surface area contributed by atoms with Gasteiger partial charge < -0.3 is 9.80 Å². The molecule has 0 bridgehead atoms. The first-order chi connectivity index (χ1) is 14.2. The summed E-state index contributed by atoms with van der Waals surface area (Å²) < 4.78 is 1.16. The summed E-state index contributed by atoms with van der Waals surface area (Å²) in [6, 6.07) is 16.2. The number of fused-ring (bicyclic) bond motifs is 2. The van der Waals surface area contributed by atoms with Crippen LogP contribution in [0.15, 0.2) is 48.5 Å². The summed E-state index contributed by atoms with van der Waals surface area (Å²) in [6.45, 7) is 1.46. The molecule has 1 saturated heterocycles. The predicted molar refractivity (Wildman–Crippen MR) is 115 cm³/mol. The third-order valence-electron chi connectivity index (χ3n) is 5.91. The minimum Gasteiger partial charge on any atom is -0.333 e. The van der Waals surface area contributed by atoms with E-state index in [0.29, 0.717) is 6.54 Å². The van der Waals surface area contributed by atoms with Crippen LogP contribution in [-0.4, -0.2) is 34.8 Å². The molecule has 5 nitrogen and oxygen atoms in total. The fraction of sp³-hybridized carbons (Fsp3) is 0.348. The van der Waals surface area contributed by atoms with Gasteiger partial charge in [0.15, 0.2) is 0 Å². The zero-order valence-electron chi connectivity index (χ0n) is 16.2. The lowest BCUT2D eigenvalue weighted by molar-refractivity contribution is -0.134. The minimum absolute atomic E-state index is 0.0408. The lowest BCUT2D eigenvalue weighted by atomic mass is 10.2. The predicted octanol–water partition coefficient (Wildman–Crippen LogP) is 4.33. The second kappa shape index (κ2) is 7.59. The van der Waals surface area contributed by atoms with E-state index in [1.807, 2.05) is 46.2 Å². The molecular weight excluding hydrogens is 382 g/mol. The number of nitrogens with zero attached hydrogens (tertiary/aromatic N) is 3. The summed E-state index contributed by atoms with van der Waals surface area (Å²) >= 11 is 1.67. The highest BCUT2D eigenvalue weighted by atomic mass is 32.1. The molecule has 29 heavy (non-hydrogen) atoms. The summed E-state index contributed by atoms with van der Waals surface area (Å²) in [5, 5.41) is 1.01. The minimum atomic E-state index is 0.0408. The van der Waals surface area contributed by atoms with E-state index in [0.717, 1.165) is 46.7 Å². The Labute approximate surface area is 174 Å². The van der Waals surface area contributed by atoms with E-state index < -0.39 is 0 Å². The van der Waals surface area contributed by atoms with Gasteiger partial charge in [0.05, 0.1) is 16.3 Å². The third kappa shape index (κ3) is 3.42. The SMILES string of the molecule is O=C(CCC(=O)N1CCC[C@@H]1c1nc2ccccc2s1)N1CCc2ccccc21. The van der Waals surface area contributed by atoms with Crippen LogP contribution in [-0.2, 0) is 16.0 Å². The average molecular weight is 406 g/mol. The van der Waals surface area contributed by atoms with Crippen molar-refractivity contribution in [1.82, 2.24) is 9.88 Å². The quantitative estimate of drug-likeness (QED) is 0.649. The zero-order chi connectivity index (χ0) is 19.8. The molecule has 1 fully saturated rings. The molecule has 6 heteroatoms. The van der Waals surface area contributed by atoms with Crippen molar-refractivity contribution in [3.63, 3.8) is 0 Å². The molecule has 148 valence electrons. The third-order valence-corrected chi connectivity index (χ3v) is 7.05. The maximum Gasteiger partial charge on any atom is 0.227 e. The number of thiazole rings is 1. The topological polar surface area (TPSA) is 53.5 Å². The van der Waals surface area contributed by atoms with E-state index in [4.69, 9.17) is 4.98 Å². The molecule has 1 atom stereocenters. The highest BCUT2D eigenvalue weighted by molar-refractivity contribution is 7.18. The first kappa shape index (κ1) is 18.3. The van der Waals surface area contributed by atoms with Crippen molar-refractivity contribution in [2.45, 2.75) is 38.1 Å². The molecule has 0 N–H and O–H groups in total. The number of carbonyl (C=O) groups excluding carboxylic acids is 2. The van der Waals surface area contributed by atoms with E-state index in [-0.39, 0.29) is 30.7 Å². The average Bonchev–Trinajstić information content (AvgIpc) is 3.48. The van der Waals surface area contributed by atoms with E-state index in [2.05, 4.69) is 12.1 Å². The van der Waals surface area contributed by atoms with Crippen LogP contribution in [0, 0.1) is 0 Å². The molecular formula is C23H23N3O2S. The summed E-state index contributed by atoms with van der Waals surface area (Å²) in [5.41, 5.74) is 3.20. The Morgan fingerprint density at radius 3 is 2.69 bits per heavy atom. The highest BCUT2D eigenvalue weighted by Gasteiger charge is 2.33. The number of rotatable bonds is 4. The lowest BCUT2D eigenvalue weighted by Gasteiger charge is -2.24. The van der Waals surface area contributed by atoms with Crippen molar-refractivity contribution in [2.75, 3.05) is 18.0 Å². The molecule has 0 radical (unpaired) electrons. The number of carbonyl (C=O) groups is 2. The van der Waals surface area contributed by atoms with Crippen LogP contribution in [0.4, 0.5) is 5.69 Å². The summed E-state index contributed by atoms with van der Waals surface area (Å²) in [6.07, 6.45) is 3.34. The van der Waals surface area contributed by atoms with E-state index in [1.54, 1.807) is 11.3 Å². The highest BCUT2D eigenvalue weighted by Crippen LogP contribution is 2.37. The molecule has 2 amide bonds. The maximum atomic E-state index is 12.9. The number of amides is 2. The maximum absolute atomic E-state index is 12.9. The Morgan fingerprint density at radius 1 is 1.00 bits per heavy atom. The summed E-state index contributed by atoms with van der Waals surface area (Å²) in [5.74, 6) is 0.103. The molecule has 3 heterocycles. The first-order valence-corrected chi connectivity index (χ1v) is 11.1. The Balaban J connectivity index is 1.25. The number of likely N-dealkylation sites (tertiary alicyclic amines) is 1. The summed E-state index contributed by atoms with van der Waals surface area (Å²) in [7, 11) is 0. The normalized spacial score (nSPS) is 18.4. The van der Waals surface area contributed by atoms with Crippen molar-refractivity contribution in [2.24, 2.45) is 0 Å². The van der Waals surface area contributed by atoms with Crippen molar-refractivity contribution in [1.29, 1.82) is 0 Å². The second-order valence-corrected chi connectivity index (χ2v) is 8.75. The Morgan fingerprint density at radius 2 is 1.79 bits per heavy atom. The van der Waals surface area contributed by atoms with Gasteiger partial charge in [-0.3, -0.25) is 9.59 Å². The van der Waals surface area contributed by atoms with E-state index in [9.17, 15) is 9.59 Å². The van der Waals surface area contributed by atoms with Gasteiger partial charge in [-0.15, -0.1) is 11.3 Å². The van der Waals surface area contributed by atoms with Crippen LogP contribution in [0.25, 0.3) is 10.2 Å². The van der Waals surface area contributed by atoms with Crippen molar-refractivity contribution >= 4 is 39.1 Å². The van der Waals surface area contributed by atoms with E-state index in [1.165, 1.54) is 5.56 Å². The van der Waals surface area contributed by atoms with Crippen LogP contribution in [0.1, 0.15) is 42.3 Å². The van der Waals surface area contributed by atoms with Gasteiger partial charge in [0.2, 0.25) is 11.8 Å². The fourth-order valence-corrected chi connectivity index (χ4v) is 5.56. The fourth-order valence-electron chi connectivity index (χ4n) is 4.44. The number of hydrogen-bond donors (Lipinski definition) is 0. The van der Waals surface area contributed by atoms with Crippen LogP contribution in [0.2, 0.25) is 0 Å². The number of anilines is 1. The van der Waals surface area contributed by atoms with Gasteiger partial charge in [0, 0.05) is 31.6 Å². The molecule has 3 aromatic rings. The molecule has 1 aromatic heterocycles. The number of hydrogen-bond acceptors (Lipinski definition) is 4. The molecule has 0 unspecified atom stereocenters. The monoisotopic (exact) mass is 405 g/mol. The smallest absolute Gasteiger partial charge is 0.227 e. The second-order valence-electron chi connectivity index (χ2n) is 7.69. The van der Waals surface area contributed by atoms with E-state index >= 15 is 0 Å². The molecule has 5 rings (SSSR count). The standard InChI is InChI=1S/C23H23N3O2S/c27-21(11-12-22(28)26-15-13-16-6-1-3-8-18(16)26)25-14-5-9-19(25)23-24-17-7-2-4-10-20(17)29-23/h1-4,6-8,10,19H,5,9,11-15H2/t19-/m1/s1. The van der Waals surface area contributed by atoms with Gasteiger partial charge in [-0.2, -0.15) is 0 Å².